The molecule has 4 amide bonds. The average molecular weight is 479 g/mol. The van der Waals surface area contributed by atoms with Crippen LogP contribution in [-0.2, 0) is 14.3 Å². The summed E-state index contributed by atoms with van der Waals surface area (Å²) in [4.78, 5) is 50.6. The number of urea groups is 1. The van der Waals surface area contributed by atoms with E-state index < -0.39 is 23.8 Å². The molecule has 1 saturated heterocycles. The molecule has 9 heteroatoms. The summed E-state index contributed by atoms with van der Waals surface area (Å²) in [5, 5.41) is 2.56. The van der Waals surface area contributed by atoms with Gasteiger partial charge in [-0.2, -0.15) is 0 Å². The molecule has 0 spiro atoms. The topological polar surface area (TPSA) is 106 Å². The van der Waals surface area contributed by atoms with E-state index in [2.05, 4.69) is 5.32 Å². The van der Waals surface area contributed by atoms with Crippen LogP contribution in [0.25, 0.3) is 17.4 Å². The van der Waals surface area contributed by atoms with Crippen molar-refractivity contribution in [3.05, 3.63) is 81.6 Å². The molecule has 3 aromatic rings. The molecule has 2 heterocycles. The second kappa shape index (κ2) is 8.99. The Bertz CT molecular complexity index is 1390. The molecule has 1 aromatic heterocycles. The van der Waals surface area contributed by atoms with Crippen LogP contribution in [0.1, 0.15) is 27.2 Å². The van der Waals surface area contributed by atoms with E-state index >= 15 is 0 Å². The molecule has 8 nitrogen and oxygen atoms in total. The highest BCUT2D eigenvalue weighted by Crippen LogP contribution is 2.31. The molecule has 2 aromatic carbocycles. The molecule has 1 N–H and O–H groups in total. The number of methoxy groups -OCH3 is 1. The lowest BCUT2D eigenvalue weighted by Crippen LogP contribution is -2.54. The van der Waals surface area contributed by atoms with Gasteiger partial charge in [0.25, 0.3) is 11.8 Å². The highest BCUT2D eigenvalue weighted by Gasteiger charge is 2.37. The first-order valence-electron chi connectivity index (χ1n) is 10.2. The molecule has 172 valence electrons. The van der Waals surface area contributed by atoms with Gasteiger partial charge in [0.2, 0.25) is 0 Å². The summed E-state index contributed by atoms with van der Waals surface area (Å²) in [5.41, 5.74) is 2.43. The zero-order valence-corrected chi connectivity index (χ0v) is 19.2. The number of imide groups is 2. The first kappa shape index (κ1) is 23.0. The van der Waals surface area contributed by atoms with Crippen molar-refractivity contribution in [1.82, 2.24) is 5.32 Å². The number of barbiturate groups is 1. The number of nitrogens with zero attached hydrogens (tertiary/aromatic N) is 1. The van der Waals surface area contributed by atoms with Gasteiger partial charge in [0.05, 0.1) is 18.4 Å². The maximum absolute atomic E-state index is 13.1. The van der Waals surface area contributed by atoms with E-state index in [4.69, 9.17) is 20.8 Å². The van der Waals surface area contributed by atoms with Gasteiger partial charge in [0.15, 0.2) is 0 Å². The number of esters is 1. The zero-order valence-electron chi connectivity index (χ0n) is 18.5. The van der Waals surface area contributed by atoms with Crippen molar-refractivity contribution in [3.8, 4) is 11.3 Å². The van der Waals surface area contributed by atoms with E-state index in [1.807, 2.05) is 6.92 Å². The number of aryl methyl sites for hydroxylation is 1. The fourth-order valence-corrected chi connectivity index (χ4v) is 3.79. The molecular formula is C25H19ClN2O6. The van der Waals surface area contributed by atoms with E-state index in [0.29, 0.717) is 21.9 Å². The van der Waals surface area contributed by atoms with Crippen molar-refractivity contribution in [2.24, 2.45) is 0 Å². The lowest BCUT2D eigenvalue weighted by molar-refractivity contribution is -0.122. The molecule has 0 unspecified atom stereocenters. The fourth-order valence-electron chi connectivity index (χ4n) is 3.62. The van der Waals surface area contributed by atoms with E-state index in [9.17, 15) is 19.2 Å². The van der Waals surface area contributed by atoms with E-state index in [1.54, 1.807) is 55.5 Å². The van der Waals surface area contributed by atoms with Crippen LogP contribution in [-0.4, -0.2) is 30.9 Å². The Balaban J connectivity index is 1.67. The number of halogens is 1. The summed E-state index contributed by atoms with van der Waals surface area (Å²) >= 11 is 6.14. The van der Waals surface area contributed by atoms with Crippen molar-refractivity contribution < 1.29 is 28.3 Å². The van der Waals surface area contributed by atoms with Crippen LogP contribution >= 0.6 is 11.6 Å². The number of carbonyl (C=O) groups excluding carboxylic acids is 4. The standard InChI is InChI=1S/C25H19ClN2O6/c1-13-11-15(24(31)33-3)7-9-17(13)21-10-8-16(34-21)12-18-22(29)27-25(32)28(23(18)30)20-6-4-5-19(26)14(20)2/h4-12H,1-3H3,(H,27,29,32)/b18-12+. The van der Waals surface area contributed by atoms with Crippen molar-refractivity contribution in [2.75, 3.05) is 12.0 Å². The molecule has 0 bridgehead atoms. The minimum absolute atomic E-state index is 0.238. The second-order valence-corrected chi connectivity index (χ2v) is 7.97. The van der Waals surface area contributed by atoms with Crippen molar-refractivity contribution in [1.29, 1.82) is 0 Å². The predicted octanol–water partition coefficient (Wildman–Crippen LogP) is 4.67. The van der Waals surface area contributed by atoms with Gasteiger partial charge in [0.1, 0.15) is 17.1 Å². The van der Waals surface area contributed by atoms with Crippen molar-refractivity contribution in [2.45, 2.75) is 13.8 Å². The van der Waals surface area contributed by atoms with Crippen LogP contribution in [0.15, 0.2) is 58.5 Å². The van der Waals surface area contributed by atoms with Gasteiger partial charge in [-0.15, -0.1) is 0 Å². The number of hydrogen-bond acceptors (Lipinski definition) is 6. The highest BCUT2D eigenvalue weighted by atomic mass is 35.5. The van der Waals surface area contributed by atoms with Crippen LogP contribution in [0.4, 0.5) is 10.5 Å². The Hall–Kier alpha value is -4.17. The molecule has 1 aliphatic rings. The SMILES string of the molecule is COC(=O)c1ccc(-c2ccc(/C=C3\C(=O)NC(=O)N(c4cccc(Cl)c4C)C3=O)o2)c(C)c1. The van der Waals surface area contributed by atoms with Gasteiger partial charge in [-0.3, -0.25) is 14.9 Å². The monoisotopic (exact) mass is 478 g/mol. The Morgan fingerprint density at radius 3 is 2.56 bits per heavy atom. The van der Waals surface area contributed by atoms with E-state index in [0.717, 1.165) is 16.0 Å². The number of carbonyl (C=O) groups is 4. The molecule has 0 atom stereocenters. The first-order valence-corrected chi connectivity index (χ1v) is 10.5. The number of anilines is 1. The van der Waals surface area contributed by atoms with Gasteiger partial charge >= 0.3 is 12.0 Å². The fraction of sp³-hybridized carbons (Fsp3) is 0.120. The number of rotatable bonds is 4. The van der Waals surface area contributed by atoms with Gasteiger partial charge in [0, 0.05) is 10.6 Å². The molecular weight excluding hydrogens is 460 g/mol. The summed E-state index contributed by atoms with van der Waals surface area (Å²) in [5.74, 6) is -1.36. The average Bonchev–Trinajstić information content (AvgIpc) is 3.27. The Labute approximate surface area is 199 Å². The lowest BCUT2D eigenvalue weighted by Gasteiger charge is -2.27. The predicted molar refractivity (Wildman–Crippen MR) is 125 cm³/mol. The quantitative estimate of drug-likeness (QED) is 0.332. The molecule has 1 fully saturated rings. The van der Waals surface area contributed by atoms with Crippen molar-refractivity contribution >= 4 is 47.2 Å². The number of nitrogens with one attached hydrogen (secondary N) is 1. The number of amides is 4. The summed E-state index contributed by atoms with van der Waals surface area (Å²) in [6.07, 6.45) is 1.28. The first-order chi connectivity index (χ1) is 16.2. The van der Waals surface area contributed by atoms with Gasteiger partial charge in [-0.25, -0.2) is 14.5 Å². The largest absolute Gasteiger partial charge is 0.465 e. The summed E-state index contributed by atoms with van der Waals surface area (Å²) in [6, 6.07) is 12.2. The minimum atomic E-state index is -0.862. The van der Waals surface area contributed by atoms with Gasteiger partial charge in [-0.1, -0.05) is 23.7 Å². The molecule has 0 radical (unpaired) electrons. The highest BCUT2D eigenvalue weighted by molar-refractivity contribution is 6.39. The Kier molecular flexibility index (Phi) is 6.08. The Morgan fingerprint density at radius 1 is 1.09 bits per heavy atom. The van der Waals surface area contributed by atoms with Crippen LogP contribution in [0.3, 0.4) is 0 Å². The van der Waals surface area contributed by atoms with E-state index in [-0.39, 0.29) is 17.0 Å². The molecule has 0 aliphatic carbocycles. The third-order valence-corrected chi connectivity index (χ3v) is 5.82. The Morgan fingerprint density at radius 2 is 1.85 bits per heavy atom. The normalized spacial score (nSPS) is 15.0. The van der Waals surface area contributed by atoms with Crippen LogP contribution in [0.2, 0.25) is 5.02 Å². The van der Waals surface area contributed by atoms with Gasteiger partial charge < -0.3 is 9.15 Å². The van der Waals surface area contributed by atoms with Crippen LogP contribution < -0.4 is 10.2 Å². The smallest absolute Gasteiger partial charge is 0.337 e. The third-order valence-electron chi connectivity index (χ3n) is 5.41. The maximum atomic E-state index is 13.1. The number of furan rings is 1. The third kappa shape index (κ3) is 4.11. The number of hydrogen-bond donors (Lipinski definition) is 1. The lowest BCUT2D eigenvalue weighted by atomic mass is 10.0. The van der Waals surface area contributed by atoms with Crippen molar-refractivity contribution in [3.63, 3.8) is 0 Å². The van der Waals surface area contributed by atoms with Crippen LogP contribution in [0, 0.1) is 13.8 Å². The number of ether oxygens (including phenoxy) is 1. The number of benzene rings is 2. The van der Waals surface area contributed by atoms with E-state index in [1.165, 1.54) is 13.2 Å². The summed E-state index contributed by atoms with van der Waals surface area (Å²) in [6.45, 7) is 3.49. The zero-order chi connectivity index (χ0) is 24.6. The minimum Gasteiger partial charge on any atom is -0.465 e. The second-order valence-electron chi connectivity index (χ2n) is 7.57. The maximum Gasteiger partial charge on any atom is 0.337 e. The van der Waals surface area contributed by atoms with Gasteiger partial charge in [-0.05, 0) is 67.4 Å². The molecule has 4 rings (SSSR count). The summed E-state index contributed by atoms with van der Waals surface area (Å²) in [7, 11) is 1.31. The van der Waals surface area contributed by atoms with Crippen LogP contribution in [0.5, 0.6) is 0 Å². The molecule has 1 aliphatic heterocycles. The molecule has 0 saturated carbocycles. The molecule has 34 heavy (non-hydrogen) atoms. The summed E-state index contributed by atoms with van der Waals surface area (Å²) < 4.78 is 10.6.